The van der Waals surface area contributed by atoms with E-state index in [0.29, 0.717) is 34.0 Å². The fourth-order valence-electron chi connectivity index (χ4n) is 4.19. The van der Waals surface area contributed by atoms with Gasteiger partial charge in [0.2, 0.25) is 0 Å². The van der Waals surface area contributed by atoms with Crippen LogP contribution >= 0.6 is 12.4 Å². The Morgan fingerprint density at radius 1 is 0.757 bits per heavy atom. The SMILES string of the molecule is COc1ccc(C(=O)Nc2cccc(OC)c2NC(=O)c2ccc(N3CCCN(C)CC3)cc2)cc1.Cl. The maximum Gasteiger partial charge on any atom is 0.255 e. The summed E-state index contributed by atoms with van der Waals surface area (Å²) in [7, 11) is 5.23. The number of nitrogens with zero attached hydrogens (tertiary/aromatic N) is 2. The Bertz CT molecular complexity index is 1200. The van der Waals surface area contributed by atoms with E-state index in [1.165, 1.54) is 7.11 Å². The smallest absolute Gasteiger partial charge is 0.255 e. The number of ether oxygens (including phenoxy) is 2. The molecule has 0 unspecified atom stereocenters. The Labute approximate surface area is 224 Å². The monoisotopic (exact) mass is 524 g/mol. The number of halogens is 1. The third-order valence-electron chi connectivity index (χ3n) is 6.30. The molecule has 1 fully saturated rings. The third kappa shape index (κ3) is 6.93. The topological polar surface area (TPSA) is 83.1 Å². The second-order valence-electron chi connectivity index (χ2n) is 8.71. The minimum absolute atomic E-state index is 0. The van der Waals surface area contributed by atoms with E-state index in [0.717, 1.165) is 38.3 Å². The lowest BCUT2D eigenvalue weighted by molar-refractivity contribution is 0.101. The normalized spacial score (nSPS) is 13.6. The average molecular weight is 525 g/mol. The average Bonchev–Trinajstić information content (AvgIpc) is 3.14. The summed E-state index contributed by atoms with van der Waals surface area (Å²) < 4.78 is 10.6. The van der Waals surface area contributed by atoms with Crippen molar-refractivity contribution in [3.8, 4) is 11.5 Å². The van der Waals surface area contributed by atoms with Gasteiger partial charge in [-0.2, -0.15) is 0 Å². The van der Waals surface area contributed by atoms with Gasteiger partial charge in [0, 0.05) is 36.4 Å². The van der Waals surface area contributed by atoms with Gasteiger partial charge >= 0.3 is 0 Å². The molecule has 3 aromatic carbocycles. The van der Waals surface area contributed by atoms with E-state index in [1.54, 1.807) is 49.6 Å². The molecule has 1 heterocycles. The first kappa shape index (κ1) is 27.8. The van der Waals surface area contributed by atoms with Crippen molar-refractivity contribution in [2.75, 3.05) is 63.0 Å². The summed E-state index contributed by atoms with van der Waals surface area (Å²) >= 11 is 0. The molecule has 0 saturated carbocycles. The lowest BCUT2D eigenvalue weighted by atomic mass is 10.1. The predicted octanol–water partition coefficient (Wildman–Crippen LogP) is 4.77. The Hall–Kier alpha value is -3.75. The van der Waals surface area contributed by atoms with Gasteiger partial charge in [0.25, 0.3) is 11.8 Å². The molecule has 0 radical (unpaired) electrons. The van der Waals surface area contributed by atoms with Crippen molar-refractivity contribution < 1.29 is 19.1 Å². The standard InChI is InChI=1S/C28H32N4O4.ClH/c1-31-16-5-17-32(19-18-31)22-12-8-20(9-13-22)28(34)30-26-24(6-4-7-25(26)36-3)29-27(33)21-10-14-23(35-2)15-11-21;/h4,6-15H,5,16-19H2,1-3H3,(H,29,33)(H,30,34);1H. The number of para-hydroxylation sites is 1. The van der Waals surface area contributed by atoms with Crippen molar-refractivity contribution in [2.24, 2.45) is 0 Å². The van der Waals surface area contributed by atoms with E-state index in [9.17, 15) is 9.59 Å². The zero-order chi connectivity index (χ0) is 25.5. The maximum absolute atomic E-state index is 13.1. The van der Waals surface area contributed by atoms with Crippen LogP contribution in [0.15, 0.2) is 66.7 Å². The number of amides is 2. The summed E-state index contributed by atoms with van der Waals surface area (Å²) in [6, 6.07) is 19.6. The van der Waals surface area contributed by atoms with Crippen molar-refractivity contribution in [3.63, 3.8) is 0 Å². The van der Waals surface area contributed by atoms with E-state index < -0.39 is 0 Å². The molecule has 4 rings (SSSR count). The number of methoxy groups -OCH3 is 2. The van der Waals surface area contributed by atoms with Gasteiger partial charge in [0.15, 0.2) is 0 Å². The quantitative estimate of drug-likeness (QED) is 0.463. The van der Waals surface area contributed by atoms with Crippen LogP contribution in [0.2, 0.25) is 0 Å². The zero-order valence-corrected chi connectivity index (χ0v) is 22.1. The van der Waals surface area contributed by atoms with Crippen LogP contribution in [0, 0.1) is 0 Å². The largest absolute Gasteiger partial charge is 0.497 e. The van der Waals surface area contributed by atoms with Crippen molar-refractivity contribution in [1.29, 1.82) is 0 Å². The third-order valence-corrected chi connectivity index (χ3v) is 6.30. The Kier molecular flexibility index (Phi) is 9.77. The molecule has 0 aromatic heterocycles. The molecule has 1 saturated heterocycles. The van der Waals surface area contributed by atoms with E-state index in [1.807, 2.05) is 24.3 Å². The fourth-order valence-corrected chi connectivity index (χ4v) is 4.19. The van der Waals surface area contributed by atoms with Crippen LogP contribution in [-0.2, 0) is 0 Å². The van der Waals surface area contributed by atoms with Gasteiger partial charge in [0.05, 0.1) is 19.9 Å². The second kappa shape index (κ2) is 13.0. The van der Waals surface area contributed by atoms with Crippen LogP contribution in [0.5, 0.6) is 11.5 Å². The van der Waals surface area contributed by atoms with Gasteiger partial charge in [-0.3, -0.25) is 9.59 Å². The van der Waals surface area contributed by atoms with Gasteiger partial charge in [-0.1, -0.05) is 6.07 Å². The van der Waals surface area contributed by atoms with Crippen molar-refractivity contribution in [1.82, 2.24) is 4.90 Å². The molecule has 0 spiro atoms. The number of carbonyl (C=O) groups is 2. The number of anilines is 3. The molecule has 0 aliphatic carbocycles. The van der Waals surface area contributed by atoms with Gasteiger partial charge in [-0.25, -0.2) is 0 Å². The molecule has 3 aromatic rings. The number of benzene rings is 3. The molecule has 8 nitrogen and oxygen atoms in total. The molecule has 0 bridgehead atoms. The fraction of sp³-hybridized carbons (Fsp3) is 0.286. The van der Waals surface area contributed by atoms with Gasteiger partial charge in [0.1, 0.15) is 17.2 Å². The first-order valence-corrected chi connectivity index (χ1v) is 12.0. The molecular formula is C28H33ClN4O4. The molecule has 2 amide bonds. The number of hydrogen-bond acceptors (Lipinski definition) is 6. The highest BCUT2D eigenvalue weighted by Crippen LogP contribution is 2.33. The highest BCUT2D eigenvalue weighted by atomic mass is 35.5. The van der Waals surface area contributed by atoms with Crippen molar-refractivity contribution in [2.45, 2.75) is 6.42 Å². The summed E-state index contributed by atoms with van der Waals surface area (Å²) in [5.74, 6) is 0.506. The highest BCUT2D eigenvalue weighted by molar-refractivity contribution is 6.11. The Morgan fingerprint density at radius 3 is 2.05 bits per heavy atom. The molecule has 1 aliphatic heterocycles. The van der Waals surface area contributed by atoms with Gasteiger partial charge < -0.3 is 29.9 Å². The molecule has 196 valence electrons. The molecule has 9 heteroatoms. The van der Waals surface area contributed by atoms with E-state index in [2.05, 4.69) is 27.5 Å². The maximum atomic E-state index is 13.1. The Morgan fingerprint density at radius 2 is 1.41 bits per heavy atom. The molecule has 0 atom stereocenters. The Balaban J connectivity index is 0.00000380. The molecule has 37 heavy (non-hydrogen) atoms. The van der Waals surface area contributed by atoms with Gasteiger partial charge in [-0.15, -0.1) is 12.4 Å². The van der Waals surface area contributed by atoms with Crippen LogP contribution in [0.4, 0.5) is 17.1 Å². The van der Waals surface area contributed by atoms with Crippen LogP contribution in [0.1, 0.15) is 27.1 Å². The highest BCUT2D eigenvalue weighted by Gasteiger charge is 2.18. The number of nitrogens with one attached hydrogen (secondary N) is 2. The van der Waals surface area contributed by atoms with Crippen LogP contribution in [-0.4, -0.2) is 64.2 Å². The van der Waals surface area contributed by atoms with E-state index >= 15 is 0 Å². The number of carbonyl (C=O) groups excluding carboxylic acids is 2. The second-order valence-corrected chi connectivity index (χ2v) is 8.71. The number of hydrogen-bond donors (Lipinski definition) is 2. The molecule has 2 N–H and O–H groups in total. The van der Waals surface area contributed by atoms with Crippen molar-refractivity contribution >= 4 is 41.3 Å². The minimum atomic E-state index is -0.311. The van der Waals surface area contributed by atoms with Crippen LogP contribution < -0.4 is 25.0 Å². The summed E-state index contributed by atoms with van der Waals surface area (Å²) in [6.45, 7) is 4.06. The summed E-state index contributed by atoms with van der Waals surface area (Å²) in [4.78, 5) is 30.7. The molecule has 1 aliphatic rings. The predicted molar refractivity (Wildman–Crippen MR) is 150 cm³/mol. The molecular weight excluding hydrogens is 492 g/mol. The van der Waals surface area contributed by atoms with Crippen LogP contribution in [0.25, 0.3) is 0 Å². The summed E-state index contributed by atoms with van der Waals surface area (Å²) in [6.07, 6.45) is 1.11. The number of likely N-dealkylation sites (N-methyl/N-ethyl adjacent to an activating group) is 1. The van der Waals surface area contributed by atoms with E-state index in [-0.39, 0.29) is 24.2 Å². The minimum Gasteiger partial charge on any atom is -0.497 e. The summed E-state index contributed by atoms with van der Waals surface area (Å²) in [5, 5.41) is 5.79. The van der Waals surface area contributed by atoms with Gasteiger partial charge in [-0.05, 0) is 80.7 Å². The van der Waals surface area contributed by atoms with Crippen molar-refractivity contribution in [3.05, 3.63) is 77.9 Å². The lowest BCUT2D eigenvalue weighted by Gasteiger charge is -2.23. The van der Waals surface area contributed by atoms with Crippen LogP contribution in [0.3, 0.4) is 0 Å². The van der Waals surface area contributed by atoms with E-state index in [4.69, 9.17) is 9.47 Å². The first-order valence-electron chi connectivity index (χ1n) is 12.0. The zero-order valence-electron chi connectivity index (χ0n) is 21.3. The first-order chi connectivity index (χ1) is 17.5. The number of rotatable bonds is 7. The summed E-state index contributed by atoms with van der Waals surface area (Å²) in [5.41, 5.74) is 2.92. The lowest BCUT2D eigenvalue weighted by Crippen LogP contribution is -2.28.